The Morgan fingerprint density at radius 1 is 1.00 bits per heavy atom. The van der Waals surface area contributed by atoms with Crippen LogP contribution in [0.3, 0.4) is 0 Å². The maximum Gasteiger partial charge on any atom is 0.306 e. The molecule has 0 fully saturated rings. The highest BCUT2D eigenvalue weighted by atomic mass is 16.6. The molecule has 0 saturated carbocycles. The van der Waals surface area contributed by atoms with Crippen LogP contribution in [0.5, 0.6) is 0 Å². The third-order valence-electron chi connectivity index (χ3n) is 6.63. The van der Waals surface area contributed by atoms with E-state index in [0.717, 1.165) is 38.8 Å². The van der Waals surface area contributed by atoms with E-state index in [9.17, 15) is 9.59 Å². The van der Waals surface area contributed by atoms with E-state index in [2.05, 4.69) is 40.3 Å². The fraction of sp³-hybridized carbons (Fsp3) is 0.333. The Balaban J connectivity index is 1.54. The summed E-state index contributed by atoms with van der Waals surface area (Å²) in [5.74, 6) is -0.271. The van der Waals surface area contributed by atoms with Crippen molar-refractivity contribution < 1.29 is 14.3 Å². The summed E-state index contributed by atoms with van der Waals surface area (Å²) < 4.78 is 5.46. The summed E-state index contributed by atoms with van der Waals surface area (Å²) in [4.78, 5) is 31.0. The minimum absolute atomic E-state index is 0.0562. The van der Waals surface area contributed by atoms with Gasteiger partial charge in [0.2, 0.25) is 5.91 Å². The van der Waals surface area contributed by atoms with E-state index in [1.165, 1.54) is 5.56 Å². The first kappa shape index (κ1) is 28.0. The molecule has 0 aliphatic carbocycles. The summed E-state index contributed by atoms with van der Waals surface area (Å²) in [6.45, 7) is 7.69. The summed E-state index contributed by atoms with van der Waals surface area (Å²) >= 11 is 0. The Kier molecular flexibility index (Phi) is 8.44. The number of fused-ring (bicyclic) bond motifs is 1. The summed E-state index contributed by atoms with van der Waals surface area (Å²) in [5.41, 5.74) is 6.77. The number of aromatic amines is 1. The lowest BCUT2D eigenvalue weighted by Gasteiger charge is -2.26. The number of hydrogen-bond acceptors (Lipinski definition) is 4. The first-order valence-corrected chi connectivity index (χ1v) is 13.4. The summed E-state index contributed by atoms with van der Waals surface area (Å²) in [5, 5.41) is 4.32. The highest BCUT2D eigenvalue weighted by Gasteiger charge is 2.21. The number of ether oxygens (including phenoxy) is 1. The molecule has 39 heavy (non-hydrogen) atoms. The van der Waals surface area contributed by atoms with Crippen LogP contribution in [-0.4, -0.2) is 36.6 Å². The molecule has 0 spiro atoms. The van der Waals surface area contributed by atoms with E-state index in [1.54, 1.807) is 0 Å². The molecule has 1 aromatic heterocycles. The number of amides is 1. The van der Waals surface area contributed by atoms with Gasteiger partial charge in [0.25, 0.3) is 0 Å². The van der Waals surface area contributed by atoms with Crippen molar-refractivity contribution in [2.45, 2.75) is 58.6 Å². The summed E-state index contributed by atoms with van der Waals surface area (Å²) in [7, 11) is 4.04. The number of carbonyl (C=O) groups excluding carboxylic acids is 2. The van der Waals surface area contributed by atoms with E-state index in [-0.39, 0.29) is 24.3 Å². The van der Waals surface area contributed by atoms with E-state index in [0.29, 0.717) is 12.8 Å². The van der Waals surface area contributed by atoms with E-state index in [4.69, 9.17) is 4.74 Å². The molecule has 0 aliphatic rings. The van der Waals surface area contributed by atoms with Crippen LogP contribution in [-0.2, 0) is 27.2 Å². The lowest BCUT2D eigenvalue weighted by molar-refractivity contribution is -0.154. The zero-order valence-electron chi connectivity index (χ0n) is 23.8. The van der Waals surface area contributed by atoms with Crippen molar-refractivity contribution in [2.24, 2.45) is 0 Å². The van der Waals surface area contributed by atoms with Gasteiger partial charge in [-0.05, 0) is 74.6 Å². The average Bonchev–Trinajstić information content (AvgIpc) is 3.28. The van der Waals surface area contributed by atoms with Crippen molar-refractivity contribution in [2.75, 3.05) is 19.0 Å². The first-order chi connectivity index (χ1) is 18.5. The molecule has 6 nitrogen and oxygen atoms in total. The number of rotatable bonds is 9. The van der Waals surface area contributed by atoms with Crippen molar-refractivity contribution in [3.8, 4) is 0 Å². The molecule has 4 rings (SSSR count). The molecule has 0 radical (unpaired) electrons. The largest absolute Gasteiger partial charge is 0.460 e. The van der Waals surface area contributed by atoms with Gasteiger partial charge < -0.3 is 19.9 Å². The molecule has 1 unspecified atom stereocenters. The second kappa shape index (κ2) is 11.8. The number of hydrogen-bond donors (Lipinski definition) is 2. The molecule has 0 bridgehead atoms. The van der Waals surface area contributed by atoms with Crippen LogP contribution < -0.4 is 10.2 Å². The van der Waals surface area contributed by atoms with Crippen LogP contribution in [0.1, 0.15) is 61.1 Å². The number of benzene rings is 3. The maximum absolute atomic E-state index is 13.4. The minimum Gasteiger partial charge on any atom is -0.460 e. The number of anilines is 1. The second-order valence-corrected chi connectivity index (χ2v) is 11.3. The number of aromatic nitrogens is 1. The standard InChI is InChI=1S/C33H39N3O3/c1-22-12-15-26(29(18-22)36(5)6)32(24-10-8-7-9-11-24)35-30(37)20-23-13-16-28-27(19-23)25(21-34-28)14-17-31(38)39-33(2,3)4/h7-13,15-16,18-19,21,32,34H,14,17,20H2,1-6H3,(H,35,37). The molecule has 4 aromatic rings. The molecule has 6 heteroatoms. The first-order valence-electron chi connectivity index (χ1n) is 13.4. The predicted molar refractivity (Wildman–Crippen MR) is 158 cm³/mol. The van der Waals surface area contributed by atoms with Gasteiger partial charge in [0.05, 0.1) is 12.5 Å². The number of nitrogens with one attached hydrogen (secondary N) is 2. The Morgan fingerprint density at radius 3 is 2.44 bits per heavy atom. The van der Waals surface area contributed by atoms with Crippen LogP contribution in [0.4, 0.5) is 5.69 Å². The Bertz CT molecular complexity index is 1450. The number of aryl methyl sites for hydroxylation is 2. The lowest BCUT2D eigenvalue weighted by atomic mass is 9.95. The topological polar surface area (TPSA) is 74.4 Å². The third kappa shape index (κ3) is 7.29. The van der Waals surface area contributed by atoms with Gasteiger partial charge in [-0.3, -0.25) is 9.59 Å². The van der Waals surface area contributed by atoms with Crippen LogP contribution in [0, 0.1) is 6.92 Å². The maximum atomic E-state index is 13.4. The highest BCUT2D eigenvalue weighted by Crippen LogP contribution is 2.31. The van der Waals surface area contributed by atoms with Gasteiger partial charge in [-0.1, -0.05) is 48.5 Å². The van der Waals surface area contributed by atoms with Gasteiger partial charge in [0, 0.05) is 48.9 Å². The van der Waals surface area contributed by atoms with Gasteiger partial charge >= 0.3 is 5.97 Å². The fourth-order valence-corrected chi connectivity index (χ4v) is 4.84. The molecule has 1 heterocycles. The van der Waals surface area contributed by atoms with Gasteiger partial charge in [-0.2, -0.15) is 0 Å². The molecule has 3 aromatic carbocycles. The molecule has 2 N–H and O–H groups in total. The molecule has 204 valence electrons. The Hall–Kier alpha value is -4.06. The molecule has 0 saturated heterocycles. The molecular weight excluding hydrogens is 486 g/mol. The molecular formula is C33H39N3O3. The third-order valence-corrected chi connectivity index (χ3v) is 6.63. The summed E-state index contributed by atoms with van der Waals surface area (Å²) in [6, 6.07) is 22.1. The Labute approximate surface area is 231 Å². The smallest absolute Gasteiger partial charge is 0.306 e. The normalized spacial score (nSPS) is 12.3. The van der Waals surface area contributed by atoms with Crippen molar-refractivity contribution in [1.29, 1.82) is 0 Å². The highest BCUT2D eigenvalue weighted by molar-refractivity contribution is 5.87. The van der Waals surface area contributed by atoms with Crippen LogP contribution in [0.2, 0.25) is 0 Å². The Morgan fingerprint density at radius 2 is 1.74 bits per heavy atom. The van der Waals surface area contributed by atoms with Crippen LogP contribution in [0.25, 0.3) is 10.9 Å². The summed E-state index contributed by atoms with van der Waals surface area (Å²) in [6.07, 6.45) is 3.06. The van der Waals surface area contributed by atoms with Gasteiger partial charge in [-0.25, -0.2) is 0 Å². The number of nitrogens with zero attached hydrogens (tertiary/aromatic N) is 1. The SMILES string of the molecule is Cc1ccc(C(NC(=O)Cc2ccc3[nH]cc(CCC(=O)OC(C)(C)C)c3c2)c2ccccc2)c(N(C)C)c1. The molecule has 1 atom stereocenters. The predicted octanol–water partition coefficient (Wildman–Crippen LogP) is 6.26. The quantitative estimate of drug-likeness (QED) is 0.253. The minimum atomic E-state index is -0.499. The monoisotopic (exact) mass is 525 g/mol. The number of carbonyl (C=O) groups is 2. The van der Waals surface area contributed by atoms with Gasteiger partial charge in [0.15, 0.2) is 0 Å². The van der Waals surface area contributed by atoms with Crippen molar-refractivity contribution in [1.82, 2.24) is 10.3 Å². The van der Waals surface area contributed by atoms with Crippen molar-refractivity contribution in [3.63, 3.8) is 0 Å². The van der Waals surface area contributed by atoms with Crippen molar-refractivity contribution in [3.05, 3.63) is 101 Å². The zero-order chi connectivity index (χ0) is 28.2. The molecule has 1 amide bonds. The number of esters is 1. The lowest BCUT2D eigenvalue weighted by Crippen LogP contribution is -2.31. The van der Waals surface area contributed by atoms with E-state index in [1.807, 2.05) is 89.6 Å². The zero-order valence-corrected chi connectivity index (χ0v) is 23.8. The van der Waals surface area contributed by atoms with E-state index >= 15 is 0 Å². The van der Waals surface area contributed by atoms with Crippen molar-refractivity contribution >= 4 is 28.5 Å². The number of H-pyrrole nitrogens is 1. The molecule has 0 aliphatic heterocycles. The average molecular weight is 526 g/mol. The van der Waals surface area contributed by atoms with Gasteiger partial charge in [-0.15, -0.1) is 0 Å². The second-order valence-electron chi connectivity index (χ2n) is 11.3. The van der Waals surface area contributed by atoms with Gasteiger partial charge in [0.1, 0.15) is 5.60 Å². The van der Waals surface area contributed by atoms with Crippen LogP contribution in [0.15, 0.2) is 72.9 Å². The van der Waals surface area contributed by atoms with Crippen LogP contribution >= 0.6 is 0 Å². The van der Waals surface area contributed by atoms with E-state index < -0.39 is 5.60 Å². The fourth-order valence-electron chi connectivity index (χ4n) is 4.84.